The third-order valence-corrected chi connectivity index (χ3v) is 5.01. The molecule has 6 heteroatoms. The third-order valence-electron chi connectivity index (χ3n) is 3.74. The maximum Gasteiger partial charge on any atom is 0.231 e. The smallest absolute Gasteiger partial charge is 0.231 e. The summed E-state index contributed by atoms with van der Waals surface area (Å²) in [5.74, 6) is 0.0978. The number of benzene rings is 1. The van der Waals surface area contributed by atoms with Crippen LogP contribution in [0.15, 0.2) is 22.7 Å². The summed E-state index contributed by atoms with van der Waals surface area (Å²) in [7, 11) is 0. The Bertz CT molecular complexity index is 726. The standard InChI is InChI=1S/C15H15BrClN3O/c1-3-20-13(15(16)9(2)18-20)8-19-12-7-11(17)5-4-10(12)6-14(19)21/h4-5,7H,3,6,8H2,1-2H3. The van der Waals surface area contributed by atoms with Crippen LogP contribution in [-0.2, 0) is 24.3 Å². The fourth-order valence-electron chi connectivity index (χ4n) is 2.67. The second kappa shape index (κ2) is 5.46. The first-order chi connectivity index (χ1) is 10.0. The van der Waals surface area contributed by atoms with Crippen molar-refractivity contribution in [1.29, 1.82) is 0 Å². The summed E-state index contributed by atoms with van der Waals surface area (Å²) in [6.45, 7) is 5.27. The minimum absolute atomic E-state index is 0.0978. The van der Waals surface area contributed by atoms with Gasteiger partial charge in [0, 0.05) is 17.3 Å². The van der Waals surface area contributed by atoms with Crippen LogP contribution in [0.4, 0.5) is 5.69 Å². The van der Waals surface area contributed by atoms with Crippen molar-refractivity contribution in [2.75, 3.05) is 4.90 Å². The van der Waals surface area contributed by atoms with Crippen molar-refractivity contribution in [3.8, 4) is 0 Å². The van der Waals surface area contributed by atoms with Gasteiger partial charge in [0.1, 0.15) is 0 Å². The number of fused-ring (bicyclic) bond motifs is 1. The molecule has 0 fully saturated rings. The number of hydrogen-bond acceptors (Lipinski definition) is 2. The van der Waals surface area contributed by atoms with E-state index in [0.29, 0.717) is 18.0 Å². The quantitative estimate of drug-likeness (QED) is 0.828. The van der Waals surface area contributed by atoms with Crippen molar-refractivity contribution >= 4 is 39.1 Å². The number of aromatic nitrogens is 2. The number of carbonyl (C=O) groups is 1. The number of amides is 1. The molecule has 1 aliphatic rings. The zero-order valence-corrected chi connectivity index (χ0v) is 14.2. The van der Waals surface area contributed by atoms with E-state index in [1.54, 1.807) is 4.90 Å². The number of halogens is 2. The predicted octanol–water partition coefficient (Wildman–Crippen LogP) is 3.72. The summed E-state index contributed by atoms with van der Waals surface area (Å²) in [6, 6.07) is 5.61. The van der Waals surface area contributed by atoms with Crippen LogP contribution in [0, 0.1) is 6.92 Å². The Hall–Kier alpha value is -1.33. The Balaban J connectivity index is 2.00. The minimum Gasteiger partial charge on any atom is -0.306 e. The van der Waals surface area contributed by atoms with Gasteiger partial charge in [0.15, 0.2) is 0 Å². The molecular weight excluding hydrogens is 354 g/mol. The number of anilines is 1. The van der Waals surface area contributed by atoms with E-state index < -0.39 is 0 Å². The third kappa shape index (κ3) is 2.49. The first-order valence-corrected chi connectivity index (χ1v) is 7.99. The highest BCUT2D eigenvalue weighted by molar-refractivity contribution is 9.10. The van der Waals surface area contributed by atoms with Crippen molar-refractivity contribution in [2.45, 2.75) is 33.4 Å². The Morgan fingerprint density at radius 3 is 2.90 bits per heavy atom. The van der Waals surface area contributed by atoms with Gasteiger partial charge in [-0.15, -0.1) is 0 Å². The molecule has 1 amide bonds. The number of hydrogen-bond donors (Lipinski definition) is 0. The first-order valence-electron chi connectivity index (χ1n) is 6.81. The number of nitrogens with zero attached hydrogens (tertiary/aromatic N) is 3. The molecule has 2 heterocycles. The highest BCUT2D eigenvalue weighted by Crippen LogP contribution is 2.34. The molecule has 2 aromatic rings. The average molecular weight is 369 g/mol. The average Bonchev–Trinajstić information content (AvgIpc) is 2.90. The highest BCUT2D eigenvalue weighted by atomic mass is 79.9. The molecule has 1 aliphatic heterocycles. The summed E-state index contributed by atoms with van der Waals surface area (Å²) < 4.78 is 2.89. The monoisotopic (exact) mass is 367 g/mol. The van der Waals surface area contributed by atoms with Crippen LogP contribution >= 0.6 is 27.5 Å². The van der Waals surface area contributed by atoms with Crippen LogP contribution in [0.3, 0.4) is 0 Å². The fraction of sp³-hybridized carbons (Fsp3) is 0.333. The Morgan fingerprint density at radius 1 is 1.43 bits per heavy atom. The van der Waals surface area contributed by atoms with E-state index in [4.69, 9.17) is 11.6 Å². The highest BCUT2D eigenvalue weighted by Gasteiger charge is 2.29. The van der Waals surface area contributed by atoms with Gasteiger partial charge in [-0.2, -0.15) is 5.10 Å². The van der Waals surface area contributed by atoms with Gasteiger partial charge in [-0.3, -0.25) is 9.48 Å². The molecule has 0 bridgehead atoms. The lowest BCUT2D eigenvalue weighted by Gasteiger charge is -2.18. The Kier molecular flexibility index (Phi) is 3.80. The van der Waals surface area contributed by atoms with E-state index in [-0.39, 0.29) is 5.91 Å². The van der Waals surface area contributed by atoms with Crippen molar-refractivity contribution < 1.29 is 4.79 Å². The number of rotatable bonds is 3. The Labute approximate surface area is 136 Å². The maximum absolute atomic E-state index is 12.3. The summed E-state index contributed by atoms with van der Waals surface area (Å²) >= 11 is 9.64. The van der Waals surface area contributed by atoms with Gasteiger partial charge in [0.05, 0.1) is 28.8 Å². The maximum atomic E-state index is 12.3. The first kappa shape index (κ1) is 14.6. The molecule has 0 aliphatic carbocycles. The van der Waals surface area contributed by atoms with Gasteiger partial charge < -0.3 is 4.90 Å². The fourth-order valence-corrected chi connectivity index (χ4v) is 3.25. The lowest BCUT2D eigenvalue weighted by atomic mass is 10.2. The van der Waals surface area contributed by atoms with E-state index >= 15 is 0 Å². The van der Waals surface area contributed by atoms with Crippen LogP contribution in [0.25, 0.3) is 0 Å². The lowest BCUT2D eigenvalue weighted by Crippen LogP contribution is -2.27. The zero-order chi connectivity index (χ0) is 15.1. The van der Waals surface area contributed by atoms with E-state index in [0.717, 1.165) is 33.7 Å². The van der Waals surface area contributed by atoms with Crippen LogP contribution in [0.1, 0.15) is 23.9 Å². The topological polar surface area (TPSA) is 38.1 Å². The van der Waals surface area contributed by atoms with Gasteiger partial charge in [-0.25, -0.2) is 0 Å². The van der Waals surface area contributed by atoms with Gasteiger partial charge in [0.2, 0.25) is 5.91 Å². The molecule has 0 N–H and O–H groups in total. The minimum atomic E-state index is 0.0978. The van der Waals surface area contributed by atoms with Crippen molar-refractivity contribution in [1.82, 2.24) is 9.78 Å². The van der Waals surface area contributed by atoms with Crippen LogP contribution in [-0.4, -0.2) is 15.7 Å². The van der Waals surface area contributed by atoms with Gasteiger partial charge in [-0.1, -0.05) is 17.7 Å². The Morgan fingerprint density at radius 2 is 2.19 bits per heavy atom. The van der Waals surface area contributed by atoms with Crippen LogP contribution in [0.2, 0.25) is 5.02 Å². The molecule has 0 radical (unpaired) electrons. The number of aryl methyl sites for hydroxylation is 2. The van der Waals surface area contributed by atoms with Gasteiger partial charge >= 0.3 is 0 Å². The molecule has 0 atom stereocenters. The van der Waals surface area contributed by atoms with Gasteiger partial charge in [-0.05, 0) is 47.5 Å². The summed E-state index contributed by atoms with van der Waals surface area (Å²) in [4.78, 5) is 14.1. The molecule has 110 valence electrons. The van der Waals surface area contributed by atoms with E-state index in [1.807, 2.05) is 36.7 Å². The second-order valence-corrected chi connectivity index (χ2v) is 6.32. The predicted molar refractivity (Wildman–Crippen MR) is 86.7 cm³/mol. The van der Waals surface area contributed by atoms with Crippen molar-refractivity contribution in [3.05, 3.63) is 44.6 Å². The molecule has 21 heavy (non-hydrogen) atoms. The van der Waals surface area contributed by atoms with Crippen molar-refractivity contribution in [3.63, 3.8) is 0 Å². The molecule has 3 rings (SSSR count). The molecule has 4 nitrogen and oxygen atoms in total. The number of carbonyl (C=O) groups excluding carboxylic acids is 1. The second-order valence-electron chi connectivity index (χ2n) is 5.09. The molecule has 0 saturated heterocycles. The van der Waals surface area contributed by atoms with E-state index in [2.05, 4.69) is 21.0 Å². The summed E-state index contributed by atoms with van der Waals surface area (Å²) in [5, 5.41) is 5.12. The normalized spacial score (nSPS) is 13.9. The SMILES string of the molecule is CCn1nc(C)c(Br)c1CN1C(=O)Cc2ccc(Cl)cc21. The lowest BCUT2D eigenvalue weighted by molar-refractivity contribution is -0.117. The molecule has 0 unspecified atom stereocenters. The van der Waals surface area contributed by atoms with Gasteiger partial charge in [0.25, 0.3) is 0 Å². The largest absolute Gasteiger partial charge is 0.306 e. The molecule has 0 spiro atoms. The molecule has 0 saturated carbocycles. The molecular formula is C15H15BrClN3O. The van der Waals surface area contributed by atoms with Crippen LogP contribution in [0.5, 0.6) is 0 Å². The summed E-state index contributed by atoms with van der Waals surface area (Å²) in [5.41, 5.74) is 3.88. The van der Waals surface area contributed by atoms with E-state index in [1.165, 1.54) is 0 Å². The van der Waals surface area contributed by atoms with E-state index in [9.17, 15) is 4.79 Å². The summed E-state index contributed by atoms with van der Waals surface area (Å²) in [6.07, 6.45) is 0.434. The van der Waals surface area contributed by atoms with Crippen LogP contribution < -0.4 is 4.90 Å². The zero-order valence-electron chi connectivity index (χ0n) is 11.9. The molecule has 1 aromatic carbocycles. The van der Waals surface area contributed by atoms with Crippen molar-refractivity contribution in [2.24, 2.45) is 0 Å². The molecule has 1 aromatic heterocycles.